The fourth-order valence-electron chi connectivity index (χ4n) is 3.33. The minimum atomic E-state index is -0.117. The molecule has 0 spiro atoms. The van der Waals surface area contributed by atoms with Gasteiger partial charge in [0.1, 0.15) is 5.82 Å². The fraction of sp³-hybridized carbons (Fsp3) is 0.409. The molecule has 0 aliphatic heterocycles. The van der Waals surface area contributed by atoms with Crippen LogP contribution in [0.15, 0.2) is 53.5 Å². The third-order valence-electron chi connectivity index (χ3n) is 4.96. The molecule has 0 amide bonds. The average Bonchev–Trinajstić information content (AvgIpc) is 3.46. The lowest BCUT2D eigenvalue weighted by Crippen LogP contribution is -2.41. The maximum atomic E-state index is 14.2. The summed E-state index contributed by atoms with van der Waals surface area (Å²) in [5.41, 5.74) is 2.97. The minimum Gasteiger partial charge on any atom is -0.380 e. The third-order valence-corrected chi connectivity index (χ3v) is 4.96. The van der Waals surface area contributed by atoms with Crippen molar-refractivity contribution in [3.8, 4) is 0 Å². The Morgan fingerprint density at radius 1 is 1.11 bits per heavy atom. The number of benzene rings is 2. The van der Waals surface area contributed by atoms with Crippen LogP contribution in [0.5, 0.6) is 0 Å². The van der Waals surface area contributed by atoms with E-state index in [2.05, 4.69) is 22.8 Å². The summed E-state index contributed by atoms with van der Waals surface area (Å²) in [6, 6.07) is 15.3. The van der Waals surface area contributed by atoms with Crippen LogP contribution in [0.25, 0.3) is 0 Å². The normalized spacial score (nSPS) is 15.4. The Morgan fingerprint density at radius 3 is 2.59 bits per heavy atom. The molecule has 0 bridgehead atoms. The van der Waals surface area contributed by atoms with E-state index in [-0.39, 0.29) is 11.2 Å². The molecule has 144 valence electrons. The first-order chi connectivity index (χ1) is 13.2. The standard InChI is InChI=1S/C22H28FN3O/c1-3-24-21(25-14-17-7-6-8-18(13-17)15-27-2)26-16-22(11-12-22)19-9-4-5-10-20(19)23/h4-10,13H,3,11-12,14-16H2,1-2H3,(H2,24,25,26). The molecule has 0 aromatic heterocycles. The Balaban J connectivity index is 1.65. The van der Waals surface area contributed by atoms with Crippen LogP contribution in [-0.2, 0) is 23.3 Å². The highest BCUT2D eigenvalue weighted by Gasteiger charge is 2.45. The van der Waals surface area contributed by atoms with Crippen LogP contribution in [0.4, 0.5) is 4.39 Å². The summed E-state index contributed by atoms with van der Waals surface area (Å²) >= 11 is 0. The van der Waals surface area contributed by atoms with Gasteiger partial charge in [0.25, 0.3) is 0 Å². The molecule has 4 nitrogen and oxygen atoms in total. The van der Waals surface area contributed by atoms with Crippen LogP contribution in [0, 0.1) is 5.82 Å². The van der Waals surface area contributed by atoms with E-state index in [0.717, 1.165) is 42.0 Å². The van der Waals surface area contributed by atoms with Gasteiger partial charge >= 0.3 is 0 Å². The maximum Gasteiger partial charge on any atom is 0.191 e. The number of hydrogen-bond acceptors (Lipinski definition) is 2. The van der Waals surface area contributed by atoms with Gasteiger partial charge in [0.15, 0.2) is 5.96 Å². The lowest BCUT2D eigenvalue weighted by Gasteiger charge is -2.19. The van der Waals surface area contributed by atoms with Crippen LogP contribution in [0.3, 0.4) is 0 Å². The first kappa shape index (κ1) is 19.4. The lowest BCUT2D eigenvalue weighted by molar-refractivity contribution is 0.185. The van der Waals surface area contributed by atoms with E-state index in [9.17, 15) is 4.39 Å². The van der Waals surface area contributed by atoms with E-state index in [4.69, 9.17) is 9.73 Å². The quantitative estimate of drug-likeness (QED) is 0.550. The largest absolute Gasteiger partial charge is 0.380 e. The zero-order valence-electron chi connectivity index (χ0n) is 16.1. The number of ether oxygens (including phenoxy) is 1. The molecular formula is C22H28FN3O. The molecular weight excluding hydrogens is 341 g/mol. The van der Waals surface area contributed by atoms with Crippen molar-refractivity contribution in [1.29, 1.82) is 0 Å². The van der Waals surface area contributed by atoms with Crippen LogP contribution in [0.1, 0.15) is 36.5 Å². The second kappa shape index (κ2) is 9.00. The van der Waals surface area contributed by atoms with Gasteiger partial charge in [-0.15, -0.1) is 0 Å². The number of hydrogen-bond donors (Lipinski definition) is 2. The van der Waals surface area contributed by atoms with Crippen molar-refractivity contribution < 1.29 is 9.13 Å². The Kier molecular flexibility index (Phi) is 6.45. The van der Waals surface area contributed by atoms with E-state index < -0.39 is 0 Å². The van der Waals surface area contributed by atoms with Crippen molar-refractivity contribution in [1.82, 2.24) is 10.6 Å². The number of nitrogens with zero attached hydrogens (tertiary/aromatic N) is 1. The number of methoxy groups -OCH3 is 1. The third kappa shape index (κ3) is 5.07. The Bertz CT molecular complexity index is 787. The summed E-state index contributed by atoms with van der Waals surface area (Å²) in [7, 11) is 1.70. The molecule has 2 aromatic carbocycles. The molecule has 3 rings (SSSR count). The number of guanidine groups is 1. The lowest BCUT2D eigenvalue weighted by atomic mass is 9.95. The first-order valence-electron chi connectivity index (χ1n) is 9.51. The van der Waals surface area contributed by atoms with Crippen molar-refractivity contribution in [3.63, 3.8) is 0 Å². The van der Waals surface area contributed by atoms with E-state index in [1.807, 2.05) is 31.2 Å². The molecule has 0 atom stereocenters. The molecule has 2 aromatic rings. The number of aliphatic imine (C=N–C) groups is 1. The molecule has 0 unspecified atom stereocenters. The predicted molar refractivity (Wildman–Crippen MR) is 107 cm³/mol. The Labute approximate surface area is 160 Å². The smallest absolute Gasteiger partial charge is 0.191 e. The van der Waals surface area contributed by atoms with Crippen LogP contribution < -0.4 is 10.6 Å². The highest BCUT2D eigenvalue weighted by Crippen LogP contribution is 2.48. The monoisotopic (exact) mass is 369 g/mol. The zero-order valence-corrected chi connectivity index (χ0v) is 16.1. The summed E-state index contributed by atoms with van der Waals surface area (Å²) in [4.78, 5) is 4.69. The van der Waals surface area contributed by atoms with Crippen molar-refractivity contribution in [2.24, 2.45) is 4.99 Å². The summed E-state index contributed by atoms with van der Waals surface area (Å²) in [5, 5.41) is 6.69. The van der Waals surface area contributed by atoms with Gasteiger partial charge in [-0.25, -0.2) is 9.38 Å². The van der Waals surface area contributed by atoms with Gasteiger partial charge in [-0.1, -0.05) is 42.5 Å². The molecule has 1 aliphatic rings. The van der Waals surface area contributed by atoms with Crippen molar-refractivity contribution in [2.45, 2.75) is 38.3 Å². The molecule has 0 radical (unpaired) electrons. The van der Waals surface area contributed by atoms with E-state index in [1.165, 1.54) is 0 Å². The highest BCUT2D eigenvalue weighted by molar-refractivity contribution is 5.80. The predicted octanol–water partition coefficient (Wildman–Crippen LogP) is 3.76. The zero-order chi connectivity index (χ0) is 19.1. The van der Waals surface area contributed by atoms with E-state index in [1.54, 1.807) is 19.2 Å². The van der Waals surface area contributed by atoms with Crippen LogP contribution in [0.2, 0.25) is 0 Å². The Hall–Kier alpha value is -2.40. The van der Waals surface area contributed by atoms with E-state index in [0.29, 0.717) is 19.7 Å². The van der Waals surface area contributed by atoms with Crippen LogP contribution >= 0.6 is 0 Å². The molecule has 0 saturated heterocycles. The number of rotatable bonds is 8. The molecule has 1 saturated carbocycles. The van der Waals surface area contributed by atoms with Gasteiger partial charge in [0.2, 0.25) is 0 Å². The van der Waals surface area contributed by atoms with Gasteiger partial charge in [0, 0.05) is 25.6 Å². The molecule has 1 fully saturated rings. The first-order valence-corrected chi connectivity index (χ1v) is 9.51. The fourth-order valence-corrected chi connectivity index (χ4v) is 3.33. The van der Waals surface area contributed by atoms with Gasteiger partial charge in [0.05, 0.1) is 13.2 Å². The maximum absolute atomic E-state index is 14.2. The van der Waals surface area contributed by atoms with Gasteiger partial charge in [-0.3, -0.25) is 0 Å². The molecule has 5 heteroatoms. The van der Waals surface area contributed by atoms with Crippen molar-refractivity contribution >= 4 is 5.96 Å². The number of nitrogens with one attached hydrogen (secondary N) is 2. The molecule has 1 aliphatic carbocycles. The van der Waals surface area contributed by atoms with Crippen molar-refractivity contribution in [2.75, 3.05) is 20.2 Å². The SMILES string of the molecule is CCNC(=NCc1cccc(COC)c1)NCC1(c2ccccc2F)CC1. The minimum absolute atomic E-state index is 0.111. The molecule has 0 heterocycles. The highest BCUT2D eigenvalue weighted by atomic mass is 19.1. The summed E-state index contributed by atoms with van der Waals surface area (Å²) in [6.07, 6.45) is 2.00. The molecule has 2 N–H and O–H groups in total. The molecule has 27 heavy (non-hydrogen) atoms. The number of halogens is 1. The summed E-state index contributed by atoms with van der Waals surface area (Å²) in [5.74, 6) is 0.644. The summed E-state index contributed by atoms with van der Waals surface area (Å²) < 4.78 is 19.4. The van der Waals surface area contributed by atoms with Gasteiger partial charge in [-0.2, -0.15) is 0 Å². The van der Waals surface area contributed by atoms with Gasteiger partial charge in [-0.05, 0) is 42.5 Å². The second-order valence-electron chi connectivity index (χ2n) is 7.06. The van der Waals surface area contributed by atoms with Crippen molar-refractivity contribution in [3.05, 3.63) is 71.0 Å². The van der Waals surface area contributed by atoms with E-state index >= 15 is 0 Å². The summed E-state index contributed by atoms with van der Waals surface area (Å²) in [6.45, 7) is 4.69. The van der Waals surface area contributed by atoms with Gasteiger partial charge < -0.3 is 15.4 Å². The average molecular weight is 369 g/mol. The second-order valence-corrected chi connectivity index (χ2v) is 7.06. The van der Waals surface area contributed by atoms with Crippen LogP contribution in [-0.4, -0.2) is 26.2 Å². The Morgan fingerprint density at radius 2 is 1.89 bits per heavy atom. The topological polar surface area (TPSA) is 45.7 Å².